The summed E-state index contributed by atoms with van der Waals surface area (Å²) in [5, 5.41) is 0. The quantitative estimate of drug-likeness (QED) is 0.796. The third-order valence-corrected chi connectivity index (χ3v) is 3.04. The maximum Gasteiger partial charge on any atom is 0.298 e. The number of hydrogen-bond donors (Lipinski definition) is 1. The van der Waals surface area contributed by atoms with Crippen LogP contribution < -0.4 is 5.73 Å². The fourth-order valence-corrected chi connectivity index (χ4v) is 1.79. The highest BCUT2D eigenvalue weighted by Crippen LogP contribution is 2.30. The van der Waals surface area contributed by atoms with Crippen LogP contribution >= 0.6 is 22.6 Å². The molecule has 2 N–H and O–H groups in total. The lowest BCUT2D eigenvalue weighted by Gasteiger charge is -2.21. The Morgan fingerprint density at radius 1 is 1.40 bits per heavy atom. The Balaban J connectivity index is 2.40. The van der Waals surface area contributed by atoms with Crippen molar-refractivity contribution >= 4 is 34.5 Å². The number of nitrogens with two attached hydrogens (primary N) is 1. The van der Waals surface area contributed by atoms with Crippen LogP contribution in [-0.2, 0) is 15.1 Å². The number of amides is 1. The van der Waals surface area contributed by atoms with E-state index in [9.17, 15) is 4.79 Å². The Labute approximate surface area is 101 Å². The summed E-state index contributed by atoms with van der Waals surface area (Å²) in [6.07, 6.45) is 0. The standard InChI is InChI=1S/C10H9IN2O2/c1-10(8(14)13-9(12)15-10)6-2-4-7(11)5-3-6/h2-5H,1H3,(H2,12,13,14). The first-order valence-corrected chi connectivity index (χ1v) is 5.44. The van der Waals surface area contributed by atoms with Crippen LogP contribution in [0.15, 0.2) is 29.3 Å². The van der Waals surface area contributed by atoms with Gasteiger partial charge in [0.05, 0.1) is 0 Å². The predicted octanol–water partition coefficient (Wildman–Crippen LogP) is 1.38. The van der Waals surface area contributed by atoms with Gasteiger partial charge in [0.15, 0.2) is 0 Å². The van der Waals surface area contributed by atoms with Gasteiger partial charge in [0.25, 0.3) is 11.9 Å². The van der Waals surface area contributed by atoms with Crippen molar-refractivity contribution in [2.75, 3.05) is 0 Å². The van der Waals surface area contributed by atoms with Crippen LogP contribution in [0, 0.1) is 3.57 Å². The molecule has 1 atom stereocenters. The van der Waals surface area contributed by atoms with Crippen molar-refractivity contribution in [1.82, 2.24) is 0 Å². The number of hydrogen-bond acceptors (Lipinski definition) is 3. The zero-order valence-electron chi connectivity index (χ0n) is 8.03. The average Bonchev–Trinajstić information content (AvgIpc) is 2.42. The van der Waals surface area contributed by atoms with Gasteiger partial charge in [0.1, 0.15) is 0 Å². The second kappa shape index (κ2) is 3.48. The molecule has 15 heavy (non-hydrogen) atoms. The molecule has 1 aliphatic heterocycles. The van der Waals surface area contributed by atoms with Crippen molar-refractivity contribution in [3.8, 4) is 0 Å². The SMILES string of the molecule is CC1(c2ccc(I)cc2)OC(N)=NC1=O. The third kappa shape index (κ3) is 1.71. The molecule has 78 valence electrons. The highest BCUT2D eigenvalue weighted by atomic mass is 127. The van der Waals surface area contributed by atoms with E-state index in [0.717, 1.165) is 9.13 Å². The number of carbonyl (C=O) groups excluding carboxylic acids is 1. The lowest BCUT2D eigenvalue weighted by Crippen LogP contribution is -2.31. The minimum absolute atomic E-state index is 0.0685. The molecule has 0 radical (unpaired) electrons. The van der Waals surface area contributed by atoms with E-state index < -0.39 is 5.60 Å². The number of aliphatic imine (C=N–C) groups is 1. The molecule has 4 nitrogen and oxygen atoms in total. The average molecular weight is 316 g/mol. The molecule has 0 aromatic heterocycles. The maximum atomic E-state index is 11.6. The summed E-state index contributed by atoms with van der Waals surface area (Å²) in [4.78, 5) is 15.2. The summed E-state index contributed by atoms with van der Waals surface area (Å²) in [6, 6.07) is 7.43. The van der Waals surface area contributed by atoms with E-state index in [1.165, 1.54) is 0 Å². The van der Waals surface area contributed by atoms with Gasteiger partial charge in [0, 0.05) is 9.13 Å². The number of nitrogens with zero attached hydrogens (tertiary/aromatic N) is 1. The molecular formula is C10H9IN2O2. The molecule has 1 unspecified atom stereocenters. The monoisotopic (exact) mass is 316 g/mol. The number of halogens is 1. The van der Waals surface area contributed by atoms with Gasteiger partial charge in [-0.15, -0.1) is 0 Å². The molecule has 2 rings (SSSR count). The Morgan fingerprint density at radius 3 is 2.47 bits per heavy atom. The van der Waals surface area contributed by atoms with Crippen LogP contribution in [0.4, 0.5) is 0 Å². The Hall–Kier alpha value is -1.11. The molecule has 0 saturated heterocycles. The lowest BCUT2D eigenvalue weighted by molar-refractivity contribution is -0.130. The highest BCUT2D eigenvalue weighted by Gasteiger charge is 2.43. The number of carbonyl (C=O) groups is 1. The van der Waals surface area contributed by atoms with Gasteiger partial charge in [-0.1, -0.05) is 12.1 Å². The second-order valence-corrected chi connectivity index (χ2v) is 4.64. The van der Waals surface area contributed by atoms with E-state index in [1.54, 1.807) is 6.92 Å². The fourth-order valence-electron chi connectivity index (χ4n) is 1.43. The molecule has 0 saturated carbocycles. The van der Waals surface area contributed by atoms with Crippen LogP contribution in [0.2, 0.25) is 0 Å². The summed E-state index contributed by atoms with van der Waals surface area (Å²) in [5.74, 6) is -0.360. The van der Waals surface area contributed by atoms with Gasteiger partial charge < -0.3 is 10.5 Å². The molecule has 0 bridgehead atoms. The van der Waals surface area contributed by atoms with E-state index in [0.29, 0.717) is 0 Å². The summed E-state index contributed by atoms with van der Waals surface area (Å²) in [6.45, 7) is 1.67. The van der Waals surface area contributed by atoms with E-state index in [-0.39, 0.29) is 11.9 Å². The van der Waals surface area contributed by atoms with E-state index >= 15 is 0 Å². The Morgan fingerprint density at radius 2 is 2.00 bits per heavy atom. The van der Waals surface area contributed by atoms with Gasteiger partial charge in [0.2, 0.25) is 5.60 Å². The first-order chi connectivity index (χ1) is 7.02. The number of amidine groups is 1. The number of benzene rings is 1. The van der Waals surface area contributed by atoms with Crippen molar-refractivity contribution in [2.24, 2.45) is 10.7 Å². The van der Waals surface area contributed by atoms with Crippen LogP contribution in [0.3, 0.4) is 0 Å². The Bertz CT molecular complexity index is 441. The van der Waals surface area contributed by atoms with E-state index in [4.69, 9.17) is 10.5 Å². The van der Waals surface area contributed by atoms with Crippen LogP contribution in [-0.4, -0.2) is 11.9 Å². The van der Waals surface area contributed by atoms with Crippen molar-refractivity contribution in [1.29, 1.82) is 0 Å². The second-order valence-electron chi connectivity index (χ2n) is 3.40. The molecular weight excluding hydrogens is 307 g/mol. The summed E-state index contributed by atoms with van der Waals surface area (Å²) < 4.78 is 6.36. The molecule has 5 heteroatoms. The van der Waals surface area contributed by atoms with E-state index in [2.05, 4.69) is 27.6 Å². The molecule has 0 fully saturated rings. The van der Waals surface area contributed by atoms with Crippen molar-refractivity contribution in [3.63, 3.8) is 0 Å². The minimum atomic E-state index is -1.06. The first kappa shape index (κ1) is 10.4. The molecule has 1 heterocycles. The fraction of sp³-hybridized carbons (Fsp3) is 0.200. The molecule has 0 spiro atoms. The van der Waals surface area contributed by atoms with Crippen LogP contribution in [0.25, 0.3) is 0 Å². The lowest BCUT2D eigenvalue weighted by atomic mass is 9.96. The normalized spacial score (nSPS) is 24.9. The number of rotatable bonds is 1. The van der Waals surface area contributed by atoms with Crippen molar-refractivity contribution in [3.05, 3.63) is 33.4 Å². The highest BCUT2D eigenvalue weighted by molar-refractivity contribution is 14.1. The minimum Gasteiger partial charge on any atom is -0.444 e. The van der Waals surface area contributed by atoms with Gasteiger partial charge in [-0.3, -0.25) is 4.79 Å². The molecule has 1 amide bonds. The first-order valence-electron chi connectivity index (χ1n) is 4.36. The van der Waals surface area contributed by atoms with Crippen LogP contribution in [0.1, 0.15) is 12.5 Å². The maximum absolute atomic E-state index is 11.6. The van der Waals surface area contributed by atoms with Crippen LogP contribution in [0.5, 0.6) is 0 Å². The smallest absolute Gasteiger partial charge is 0.298 e. The van der Waals surface area contributed by atoms with Crippen molar-refractivity contribution < 1.29 is 9.53 Å². The van der Waals surface area contributed by atoms with Crippen molar-refractivity contribution in [2.45, 2.75) is 12.5 Å². The van der Waals surface area contributed by atoms with Gasteiger partial charge >= 0.3 is 0 Å². The van der Waals surface area contributed by atoms with E-state index in [1.807, 2.05) is 24.3 Å². The third-order valence-electron chi connectivity index (χ3n) is 2.32. The van der Waals surface area contributed by atoms with Gasteiger partial charge in [-0.05, 0) is 41.6 Å². The molecule has 0 aliphatic carbocycles. The van der Waals surface area contributed by atoms with Gasteiger partial charge in [-0.2, -0.15) is 4.99 Å². The summed E-state index contributed by atoms with van der Waals surface area (Å²) >= 11 is 2.19. The predicted molar refractivity (Wildman–Crippen MR) is 64.2 cm³/mol. The zero-order valence-corrected chi connectivity index (χ0v) is 10.2. The molecule has 1 aromatic carbocycles. The summed E-state index contributed by atoms with van der Waals surface area (Å²) in [7, 11) is 0. The largest absolute Gasteiger partial charge is 0.444 e. The molecule has 1 aliphatic rings. The topological polar surface area (TPSA) is 64.7 Å². The van der Waals surface area contributed by atoms with Gasteiger partial charge in [-0.25, -0.2) is 0 Å². The number of ether oxygens (including phenoxy) is 1. The Kier molecular flexibility index (Phi) is 2.41. The zero-order chi connectivity index (χ0) is 11.1. The summed E-state index contributed by atoms with van der Waals surface area (Å²) in [5.41, 5.74) is 5.07. The molecule has 1 aromatic rings.